The van der Waals surface area contributed by atoms with Gasteiger partial charge < -0.3 is 21.1 Å². The molecule has 0 atom stereocenters. The third-order valence-corrected chi connectivity index (χ3v) is 3.61. The minimum atomic E-state index is -4.54. The van der Waals surface area contributed by atoms with E-state index in [1.165, 1.54) is 6.33 Å². The van der Waals surface area contributed by atoms with Gasteiger partial charge in [-0.1, -0.05) is 11.6 Å². The van der Waals surface area contributed by atoms with E-state index in [4.69, 9.17) is 22.4 Å². The number of aromatic nitrogens is 3. The molecule has 25 heavy (non-hydrogen) atoms. The normalized spacial score (nSPS) is 11.4. The average Bonchev–Trinajstić information content (AvgIpc) is 2.55. The Morgan fingerprint density at radius 3 is 2.56 bits per heavy atom. The van der Waals surface area contributed by atoms with Gasteiger partial charge in [0, 0.05) is 19.3 Å². The Morgan fingerprint density at radius 2 is 2.00 bits per heavy atom. The number of hydrogen-bond acceptors (Lipinski definition) is 7. The van der Waals surface area contributed by atoms with Crippen molar-refractivity contribution in [2.24, 2.45) is 0 Å². The quantitative estimate of drug-likeness (QED) is 0.712. The summed E-state index contributed by atoms with van der Waals surface area (Å²) in [4.78, 5) is 13.4. The fourth-order valence-electron chi connectivity index (χ4n) is 2.07. The van der Waals surface area contributed by atoms with Gasteiger partial charge in [0.25, 0.3) is 0 Å². The number of anilines is 4. The fourth-order valence-corrected chi connectivity index (χ4v) is 2.28. The molecule has 0 aliphatic rings. The van der Waals surface area contributed by atoms with Crippen LogP contribution in [0.25, 0.3) is 0 Å². The van der Waals surface area contributed by atoms with E-state index in [9.17, 15) is 13.2 Å². The molecule has 0 saturated heterocycles. The molecule has 0 aliphatic heterocycles. The predicted molar refractivity (Wildman–Crippen MR) is 88.9 cm³/mol. The topological polar surface area (TPSA) is 100 Å². The molecule has 11 heteroatoms. The molecule has 0 spiro atoms. The number of nitrogen functional groups attached to an aromatic ring is 1. The lowest BCUT2D eigenvalue weighted by atomic mass is 10.2. The number of rotatable bonds is 6. The maximum atomic E-state index is 12.7. The summed E-state index contributed by atoms with van der Waals surface area (Å²) in [6.07, 6.45) is -2.63. The number of aliphatic hydroxyl groups is 1. The molecule has 0 aliphatic carbocycles. The molecule has 136 valence electrons. The number of alkyl halides is 3. The highest BCUT2D eigenvalue weighted by Gasteiger charge is 2.31. The Hall–Kier alpha value is -2.33. The van der Waals surface area contributed by atoms with Crippen LogP contribution in [0, 0.1) is 0 Å². The van der Waals surface area contributed by atoms with Crippen LogP contribution in [0.3, 0.4) is 0 Å². The van der Waals surface area contributed by atoms with Gasteiger partial charge in [0.2, 0.25) is 0 Å². The lowest BCUT2D eigenvalue weighted by Gasteiger charge is -2.23. The second-order valence-electron chi connectivity index (χ2n) is 4.94. The van der Waals surface area contributed by atoms with Crippen LogP contribution in [-0.4, -0.2) is 39.8 Å². The van der Waals surface area contributed by atoms with Crippen LogP contribution in [0.1, 0.15) is 12.5 Å². The Morgan fingerprint density at radius 1 is 1.28 bits per heavy atom. The molecule has 0 saturated carbocycles. The lowest BCUT2D eigenvalue weighted by Crippen LogP contribution is -2.28. The molecule has 4 N–H and O–H groups in total. The summed E-state index contributed by atoms with van der Waals surface area (Å²) >= 11 is 5.86. The van der Waals surface area contributed by atoms with Gasteiger partial charge in [0.15, 0.2) is 11.6 Å². The highest BCUT2D eigenvalue weighted by Crippen LogP contribution is 2.34. The summed E-state index contributed by atoms with van der Waals surface area (Å²) in [6.45, 7) is 2.63. The molecular formula is C14H16ClF3N6O. The van der Waals surface area contributed by atoms with Crippen molar-refractivity contribution >= 4 is 34.7 Å². The molecule has 2 aromatic rings. The van der Waals surface area contributed by atoms with Gasteiger partial charge in [0.05, 0.1) is 17.2 Å². The van der Waals surface area contributed by atoms with Gasteiger partial charge in [-0.3, -0.25) is 0 Å². The average molecular weight is 377 g/mol. The maximum absolute atomic E-state index is 12.7. The third kappa shape index (κ3) is 4.40. The van der Waals surface area contributed by atoms with Crippen molar-refractivity contribution in [3.05, 3.63) is 29.2 Å². The number of aliphatic hydroxyl groups excluding tert-OH is 1. The van der Waals surface area contributed by atoms with Gasteiger partial charge in [-0.05, 0) is 13.0 Å². The van der Waals surface area contributed by atoms with E-state index >= 15 is 0 Å². The first-order valence-electron chi connectivity index (χ1n) is 7.24. The van der Waals surface area contributed by atoms with Gasteiger partial charge in [-0.15, -0.1) is 0 Å². The summed E-state index contributed by atoms with van der Waals surface area (Å²) in [5, 5.41) is 11.6. The molecular weight excluding hydrogens is 361 g/mol. The molecule has 0 unspecified atom stereocenters. The first-order valence-corrected chi connectivity index (χ1v) is 7.61. The molecule has 0 radical (unpaired) electrons. The second kappa shape index (κ2) is 7.70. The minimum Gasteiger partial charge on any atom is -0.395 e. The van der Waals surface area contributed by atoms with Crippen LogP contribution in [0.4, 0.5) is 36.3 Å². The Balaban J connectivity index is 2.32. The smallest absolute Gasteiger partial charge is 0.395 e. The number of halogens is 4. The van der Waals surface area contributed by atoms with Crippen molar-refractivity contribution in [2.45, 2.75) is 13.1 Å². The van der Waals surface area contributed by atoms with Crippen LogP contribution in [0.15, 0.2) is 18.6 Å². The van der Waals surface area contributed by atoms with Crippen molar-refractivity contribution in [3.63, 3.8) is 0 Å². The molecule has 0 fully saturated rings. The number of likely N-dealkylation sites (N-methyl/N-ethyl adjacent to an activating group) is 1. The monoisotopic (exact) mass is 376 g/mol. The van der Waals surface area contributed by atoms with E-state index < -0.39 is 11.7 Å². The zero-order chi connectivity index (χ0) is 18.6. The van der Waals surface area contributed by atoms with Crippen molar-refractivity contribution in [3.8, 4) is 0 Å². The highest BCUT2D eigenvalue weighted by atomic mass is 35.5. The first-order chi connectivity index (χ1) is 11.8. The predicted octanol–water partition coefficient (Wildman–Crippen LogP) is 2.69. The van der Waals surface area contributed by atoms with Crippen LogP contribution < -0.4 is 16.0 Å². The minimum absolute atomic E-state index is 0.0174. The zero-order valence-corrected chi connectivity index (χ0v) is 13.9. The van der Waals surface area contributed by atoms with E-state index in [0.29, 0.717) is 25.1 Å². The number of hydrogen-bond donors (Lipinski definition) is 3. The molecule has 0 amide bonds. The maximum Gasteiger partial charge on any atom is 0.417 e. The van der Waals surface area contributed by atoms with Crippen molar-refractivity contribution in [2.75, 3.05) is 35.6 Å². The van der Waals surface area contributed by atoms with Crippen LogP contribution in [-0.2, 0) is 6.18 Å². The number of nitrogens with two attached hydrogens (primary N) is 1. The molecule has 2 heterocycles. The molecule has 0 bridgehead atoms. The Bertz CT molecular complexity index is 743. The van der Waals surface area contributed by atoms with E-state index in [1.807, 2.05) is 6.92 Å². The largest absolute Gasteiger partial charge is 0.417 e. The summed E-state index contributed by atoms with van der Waals surface area (Å²) in [6, 6.07) is 0.763. The summed E-state index contributed by atoms with van der Waals surface area (Å²) < 4.78 is 38.0. The van der Waals surface area contributed by atoms with Crippen LogP contribution in [0.5, 0.6) is 0 Å². The van der Waals surface area contributed by atoms with Crippen LogP contribution >= 0.6 is 11.6 Å². The number of nitrogens with one attached hydrogen (secondary N) is 1. The first kappa shape index (κ1) is 19.0. The van der Waals surface area contributed by atoms with E-state index in [2.05, 4.69) is 20.3 Å². The molecule has 7 nitrogen and oxygen atoms in total. The molecule has 2 rings (SSSR count). The van der Waals surface area contributed by atoms with Gasteiger partial charge in [0.1, 0.15) is 17.8 Å². The Kier molecular flexibility index (Phi) is 5.85. The van der Waals surface area contributed by atoms with Gasteiger partial charge in [-0.2, -0.15) is 13.2 Å². The van der Waals surface area contributed by atoms with Gasteiger partial charge in [-0.25, -0.2) is 15.0 Å². The van der Waals surface area contributed by atoms with Gasteiger partial charge >= 0.3 is 6.18 Å². The second-order valence-corrected chi connectivity index (χ2v) is 5.35. The fraction of sp³-hybridized carbons (Fsp3) is 0.357. The molecule has 2 aromatic heterocycles. The third-order valence-electron chi connectivity index (χ3n) is 3.32. The van der Waals surface area contributed by atoms with E-state index in [1.54, 1.807) is 4.90 Å². The standard InChI is InChI=1S/C14H16ClF3N6O/c1-2-24(3-4-25)13-10(19)12(21-7-22-13)23-11-9(15)5-8(6-20-11)14(16,17)18/h5-7,25H,2-4,19H2,1H3,(H,20,21,22,23). The highest BCUT2D eigenvalue weighted by molar-refractivity contribution is 6.33. The number of nitrogens with zero attached hydrogens (tertiary/aromatic N) is 4. The zero-order valence-electron chi connectivity index (χ0n) is 13.2. The van der Waals surface area contributed by atoms with Crippen molar-refractivity contribution in [1.82, 2.24) is 15.0 Å². The van der Waals surface area contributed by atoms with Crippen molar-refractivity contribution in [1.29, 1.82) is 0 Å². The molecule has 0 aromatic carbocycles. The summed E-state index contributed by atoms with van der Waals surface area (Å²) in [5.41, 5.74) is 5.23. The van der Waals surface area contributed by atoms with E-state index in [-0.39, 0.29) is 29.0 Å². The van der Waals surface area contributed by atoms with Crippen LogP contribution in [0.2, 0.25) is 5.02 Å². The van der Waals surface area contributed by atoms with Crippen molar-refractivity contribution < 1.29 is 18.3 Å². The van der Waals surface area contributed by atoms with E-state index in [0.717, 1.165) is 6.07 Å². The SMILES string of the molecule is CCN(CCO)c1ncnc(Nc2ncc(C(F)(F)F)cc2Cl)c1N. The summed E-state index contributed by atoms with van der Waals surface area (Å²) in [5.74, 6) is 0.517. The number of pyridine rings is 1. The Labute approximate surface area is 146 Å². The summed E-state index contributed by atoms with van der Waals surface area (Å²) in [7, 11) is 0. The lowest BCUT2D eigenvalue weighted by molar-refractivity contribution is -0.137.